The van der Waals surface area contributed by atoms with Crippen LogP contribution in [0.25, 0.3) is 0 Å². The monoisotopic (exact) mass is 477 g/mol. The number of carbonyl (C=O) groups excluding carboxylic acids is 3. The average molecular weight is 478 g/mol. The Hall–Kier alpha value is -3.67. The van der Waals surface area contributed by atoms with Gasteiger partial charge in [0.25, 0.3) is 0 Å². The first-order valence-corrected chi connectivity index (χ1v) is 11.0. The van der Waals surface area contributed by atoms with Crippen LogP contribution in [-0.4, -0.2) is 66.0 Å². The molecule has 1 aromatic carbocycles. The number of amides is 3. The lowest BCUT2D eigenvalue weighted by atomic mass is 10.0. The normalized spacial score (nSPS) is 13.3. The summed E-state index contributed by atoms with van der Waals surface area (Å²) in [6.45, 7) is 3.41. The molecule has 0 fully saturated rings. The average Bonchev–Trinajstić information content (AvgIpc) is 2.78. The van der Waals surface area contributed by atoms with Crippen LogP contribution in [0, 0.1) is 5.92 Å². The molecular formula is C22H35N7O5. The van der Waals surface area contributed by atoms with E-state index in [-0.39, 0.29) is 37.8 Å². The maximum atomic E-state index is 13.0. The first-order chi connectivity index (χ1) is 16.0. The van der Waals surface area contributed by atoms with Crippen molar-refractivity contribution in [3.05, 3.63) is 35.9 Å². The molecule has 12 heteroatoms. The lowest BCUT2D eigenvalue weighted by molar-refractivity contribution is -0.142. The molecule has 0 aromatic heterocycles. The van der Waals surface area contributed by atoms with Crippen molar-refractivity contribution in [1.29, 1.82) is 0 Å². The van der Waals surface area contributed by atoms with Crippen molar-refractivity contribution >= 4 is 29.7 Å². The number of aliphatic carboxylic acids is 1. The topological polar surface area (TPSA) is 215 Å². The molecule has 0 spiro atoms. The van der Waals surface area contributed by atoms with E-state index in [0.717, 1.165) is 5.56 Å². The number of hydrogen-bond acceptors (Lipinski definition) is 6. The zero-order chi connectivity index (χ0) is 25.7. The van der Waals surface area contributed by atoms with Crippen molar-refractivity contribution < 1.29 is 24.3 Å². The van der Waals surface area contributed by atoms with Crippen LogP contribution in [-0.2, 0) is 25.6 Å². The standard InChI is InChI=1S/C22H35N7O5/c1-13(2)18(29-17(30)12-23)20(32)28-16(11-14-7-4-3-5-8-14)19(31)27-15(21(33)34)9-6-10-26-22(24)25/h3-5,7-8,13,15-16,18H,6,9-12,23H2,1-2H3,(H,27,31)(H,28,32)(H,29,30)(H,33,34)(H4,24,25,26)/t15-,16-,18-/m0/s1. The first-order valence-electron chi connectivity index (χ1n) is 11.0. The van der Waals surface area contributed by atoms with Crippen LogP contribution in [0.5, 0.6) is 0 Å². The third-order valence-electron chi connectivity index (χ3n) is 4.93. The van der Waals surface area contributed by atoms with Gasteiger partial charge >= 0.3 is 5.97 Å². The summed E-state index contributed by atoms with van der Waals surface area (Å²) >= 11 is 0. The highest BCUT2D eigenvalue weighted by molar-refractivity contribution is 5.93. The van der Waals surface area contributed by atoms with Crippen molar-refractivity contribution in [2.24, 2.45) is 28.1 Å². The Kier molecular flexibility index (Phi) is 12.1. The smallest absolute Gasteiger partial charge is 0.326 e. The molecule has 10 N–H and O–H groups in total. The Morgan fingerprint density at radius 2 is 1.59 bits per heavy atom. The number of nitrogens with two attached hydrogens (primary N) is 3. The fraction of sp³-hybridized carbons (Fsp3) is 0.500. The van der Waals surface area contributed by atoms with Gasteiger partial charge in [-0.3, -0.25) is 19.4 Å². The van der Waals surface area contributed by atoms with Crippen molar-refractivity contribution in [2.45, 2.75) is 51.2 Å². The number of rotatable bonds is 14. The van der Waals surface area contributed by atoms with Gasteiger partial charge < -0.3 is 38.3 Å². The van der Waals surface area contributed by atoms with Gasteiger partial charge in [-0.1, -0.05) is 44.2 Å². The van der Waals surface area contributed by atoms with E-state index in [1.807, 2.05) is 6.07 Å². The van der Waals surface area contributed by atoms with Gasteiger partial charge in [-0.05, 0) is 24.3 Å². The molecule has 34 heavy (non-hydrogen) atoms. The summed E-state index contributed by atoms with van der Waals surface area (Å²) in [5.41, 5.74) is 16.6. The van der Waals surface area contributed by atoms with Gasteiger partial charge in [0.05, 0.1) is 6.54 Å². The molecule has 0 heterocycles. The quantitative estimate of drug-likeness (QED) is 0.0942. The summed E-state index contributed by atoms with van der Waals surface area (Å²) in [6.07, 6.45) is 0.533. The molecule has 12 nitrogen and oxygen atoms in total. The third-order valence-corrected chi connectivity index (χ3v) is 4.93. The Morgan fingerprint density at radius 3 is 2.12 bits per heavy atom. The van der Waals surface area contributed by atoms with E-state index in [0.29, 0.717) is 6.42 Å². The third kappa shape index (κ3) is 10.3. The van der Waals surface area contributed by atoms with Gasteiger partial charge in [0, 0.05) is 13.0 Å². The highest BCUT2D eigenvalue weighted by atomic mass is 16.4. The molecule has 0 aliphatic carbocycles. The van der Waals surface area contributed by atoms with Crippen LogP contribution in [0.3, 0.4) is 0 Å². The van der Waals surface area contributed by atoms with E-state index in [1.165, 1.54) is 0 Å². The maximum Gasteiger partial charge on any atom is 0.326 e. The van der Waals surface area contributed by atoms with Crippen LogP contribution in [0.1, 0.15) is 32.3 Å². The zero-order valence-electron chi connectivity index (χ0n) is 19.5. The Balaban J connectivity index is 3.01. The Bertz CT molecular complexity index is 856. The highest BCUT2D eigenvalue weighted by Gasteiger charge is 2.30. The predicted octanol–water partition coefficient (Wildman–Crippen LogP) is -1.56. The number of carboxylic acid groups (broad SMARTS) is 1. The minimum atomic E-state index is -1.22. The SMILES string of the molecule is CC(C)[C@H](NC(=O)CN)C(=O)N[C@@H](Cc1ccccc1)C(=O)N[C@@H](CCCN=C(N)N)C(=O)O. The number of benzene rings is 1. The Labute approximate surface area is 198 Å². The number of carbonyl (C=O) groups is 4. The molecule has 188 valence electrons. The lowest BCUT2D eigenvalue weighted by Crippen LogP contribution is -2.58. The van der Waals surface area contributed by atoms with Gasteiger partial charge in [0.15, 0.2) is 5.96 Å². The van der Waals surface area contributed by atoms with Crippen molar-refractivity contribution in [2.75, 3.05) is 13.1 Å². The summed E-state index contributed by atoms with van der Waals surface area (Å²) in [5.74, 6) is -3.37. The molecule has 0 saturated carbocycles. The van der Waals surface area contributed by atoms with E-state index < -0.39 is 41.8 Å². The second kappa shape index (κ2) is 14.5. The maximum absolute atomic E-state index is 13.0. The van der Waals surface area contributed by atoms with E-state index in [2.05, 4.69) is 20.9 Å². The van der Waals surface area contributed by atoms with Gasteiger partial charge in [-0.15, -0.1) is 0 Å². The summed E-state index contributed by atoms with van der Waals surface area (Å²) in [6, 6.07) is 5.75. The van der Waals surface area contributed by atoms with Crippen molar-refractivity contribution in [3.63, 3.8) is 0 Å². The fourth-order valence-electron chi connectivity index (χ4n) is 3.12. The number of hydrogen-bond donors (Lipinski definition) is 7. The summed E-state index contributed by atoms with van der Waals surface area (Å²) in [7, 11) is 0. The molecule has 0 aliphatic heterocycles. The second-order valence-electron chi connectivity index (χ2n) is 8.09. The van der Waals surface area contributed by atoms with Crippen LogP contribution in [0.2, 0.25) is 0 Å². The molecule has 0 aliphatic rings. The summed E-state index contributed by atoms with van der Waals surface area (Å²) < 4.78 is 0. The highest BCUT2D eigenvalue weighted by Crippen LogP contribution is 2.08. The minimum Gasteiger partial charge on any atom is -0.480 e. The fourth-order valence-corrected chi connectivity index (χ4v) is 3.12. The lowest BCUT2D eigenvalue weighted by Gasteiger charge is -2.26. The predicted molar refractivity (Wildman–Crippen MR) is 127 cm³/mol. The zero-order valence-corrected chi connectivity index (χ0v) is 19.5. The van der Waals surface area contributed by atoms with Crippen LogP contribution >= 0.6 is 0 Å². The number of guanidine groups is 1. The number of nitrogens with zero attached hydrogens (tertiary/aromatic N) is 1. The molecule has 0 radical (unpaired) electrons. The van der Waals surface area contributed by atoms with Crippen molar-refractivity contribution in [1.82, 2.24) is 16.0 Å². The molecular weight excluding hydrogens is 442 g/mol. The van der Waals surface area contributed by atoms with Gasteiger partial charge in [0.1, 0.15) is 18.1 Å². The van der Waals surface area contributed by atoms with Crippen LogP contribution in [0.4, 0.5) is 0 Å². The van der Waals surface area contributed by atoms with Crippen LogP contribution < -0.4 is 33.2 Å². The van der Waals surface area contributed by atoms with Gasteiger partial charge in [0.2, 0.25) is 17.7 Å². The van der Waals surface area contributed by atoms with E-state index in [1.54, 1.807) is 38.1 Å². The molecule has 1 rings (SSSR count). The van der Waals surface area contributed by atoms with E-state index >= 15 is 0 Å². The van der Waals surface area contributed by atoms with Crippen LogP contribution in [0.15, 0.2) is 35.3 Å². The van der Waals surface area contributed by atoms with Crippen molar-refractivity contribution in [3.8, 4) is 0 Å². The van der Waals surface area contributed by atoms with E-state index in [4.69, 9.17) is 17.2 Å². The molecule has 0 bridgehead atoms. The number of aliphatic imine (C=N–C) groups is 1. The number of nitrogens with one attached hydrogen (secondary N) is 3. The second-order valence-corrected chi connectivity index (χ2v) is 8.09. The molecule has 3 atom stereocenters. The van der Waals surface area contributed by atoms with Gasteiger partial charge in [-0.25, -0.2) is 4.79 Å². The molecule has 1 aromatic rings. The molecule has 0 saturated heterocycles. The Morgan fingerprint density at radius 1 is 0.971 bits per heavy atom. The summed E-state index contributed by atoms with van der Waals surface area (Å²) in [5, 5.41) is 17.2. The number of carboxylic acids is 1. The largest absolute Gasteiger partial charge is 0.480 e. The summed E-state index contributed by atoms with van der Waals surface area (Å²) in [4.78, 5) is 53.2. The first kappa shape index (κ1) is 28.4. The van der Waals surface area contributed by atoms with E-state index in [9.17, 15) is 24.3 Å². The minimum absolute atomic E-state index is 0.0883. The van der Waals surface area contributed by atoms with Gasteiger partial charge in [-0.2, -0.15) is 0 Å². The molecule has 3 amide bonds. The molecule has 0 unspecified atom stereocenters.